The molecule has 0 atom stereocenters. The Morgan fingerprint density at radius 2 is 1.87 bits per heavy atom. The Kier molecular flexibility index (Phi) is 8.38. The lowest BCUT2D eigenvalue weighted by atomic mass is 10.1. The third-order valence-electron chi connectivity index (χ3n) is 1.98. The maximum absolute atomic E-state index is 11.6. The average Bonchev–Trinajstić information content (AvgIpc) is 2.25. The molecule has 0 amide bonds. The van der Waals surface area contributed by atoms with Crippen LogP contribution in [0.3, 0.4) is 0 Å². The van der Waals surface area contributed by atoms with Crippen LogP contribution in [0.25, 0.3) is 0 Å². The lowest BCUT2D eigenvalue weighted by molar-refractivity contribution is -0.649. The molecular formula is C11H15Cl2NO. The molecule has 0 aromatic heterocycles. The van der Waals surface area contributed by atoms with E-state index in [-0.39, 0.29) is 18.2 Å². The second-order valence-electron chi connectivity index (χ2n) is 3.09. The van der Waals surface area contributed by atoms with Gasteiger partial charge in [-0.3, -0.25) is 4.79 Å². The SMILES string of the molecule is O=C(CC[NH2+]CCCl)c1ccccc1.[Cl-]. The van der Waals surface area contributed by atoms with Crippen LogP contribution in [0.15, 0.2) is 30.3 Å². The van der Waals surface area contributed by atoms with Gasteiger partial charge in [0.2, 0.25) is 0 Å². The smallest absolute Gasteiger partial charge is 0.168 e. The molecule has 2 N–H and O–H groups in total. The minimum Gasteiger partial charge on any atom is -1.00 e. The van der Waals surface area contributed by atoms with E-state index in [9.17, 15) is 4.79 Å². The molecule has 15 heavy (non-hydrogen) atoms. The Labute approximate surface area is 101 Å². The van der Waals surface area contributed by atoms with Crippen LogP contribution in [0.5, 0.6) is 0 Å². The minimum absolute atomic E-state index is 0. The molecule has 0 fully saturated rings. The summed E-state index contributed by atoms with van der Waals surface area (Å²) in [6.45, 7) is 1.70. The molecule has 0 saturated heterocycles. The first kappa shape index (κ1) is 14.4. The zero-order valence-electron chi connectivity index (χ0n) is 8.46. The van der Waals surface area contributed by atoms with E-state index in [1.54, 1.807) is 0 Å². The number of quaternary nitrogens is 1. The molecule has 1 aromatic carbocycles. The fourth-order valence-electron chi connectivity index (χ4n) is 1.22. The van der Waals surface area contributed by atoms with Crippen molar-refractivity contribution in [2.75, 3.05) is 19.0 Å². The van der Waals surface area contributed by atoms with Gasteiger partial charge in [-0.05, 0) is 0 Å². The number of Topliss-reactive ketones (excluding diaryl/α,β-unsaturated/α-hetero) is 1. The Morgan fingerprint density at radius 3 is 2.47 bits per heavy atom. The van der Waals surface area contributed by atoms with Gasteiger partial charge in [0.05, 0.1) is 25.4 Å². The largest absolute Gasteiger partial charge is 1.00 e. The van der Waals surface area contributed by atoms with Gasteiger partial charge in [0.1, 0.15) is 0 Å². The van der Waals surface area contributed by atoms with Gasteiger partial charge >= 0.3 is 0 Å². The standard InChI is InChI=1S/C11H14ClNO.ClH/c12-7-9-13-8-6-11(14)10-4-2-1-3-5-10;/h1-5,13H,6-9H2;1H. The van der Waals surface area contributed by atoms with Crippen molar-refractivity contribution in [2.45, 2.75) is 6.42 Å². The molecule has 0 aliphatic carbocycles. The van der Waals surface area contributed by atoms with Gasteiger partial charge in [0.25, 0.3) is 0 Å². The van der Waals surface area contributed by atoms with Gasteiger partial charge in [0, 0.05) is 5.56 Å². The van der Waals surface area contributed by atoms with Crippen LogP contribution in [0.1, 0.15) is 16.8 Å². The topological polar surface area (TPSA) is 33.7 Å². The van der Waals surface area contributed by atoms with E-state index in [2.05, 4.69) is 5.32 Å². The van der Waals surface area contributed by atoms with E-state index in [0.29, 0.717) is 12.3 Å². The molecule has 4 heteroatoms. The van der Waals surface area contributed by atoms with E-state index in [1.165, 1.54) is 0 Å². The number of hydrogen-bond acceptors (Lipinski definition) is 1. The van der Waals surface area contributed by atoms with Crippen molar-refractivity contribution in [2.24, 2.45) is 0 Å². The molecular weight excluding hydrogens is 233 g/mol. The van der Waals surface area contributed by atoms with Crippen LogP contribution in [0, 0.1) is 0 Å². The van der Waals surface area contributed by atoms with Crippen LogP contribution in [-0.2, 0) is 0 Å². The van der Waals surface area contributed by atoms with Crippen molar-refractivity contribution < 1.29 is 22.5 Å². The van der Waals surface area contributed by atoms with Crippen LogP contribution >= 0.6 is 11.6 Å². The predicted octanol–water partition coefficient (Wildman–Crippen LogP) is -1.93. The van der Waals surface area contributed by atoms with E-state index in [4.69, 9.17) is 11.6 Å². The number of hydrogen-bond donors (Lipinski definition) is 1. The highest BCUT2D eigenvalue weighted by Gasteiger charge is 2.04. The molecule has 1 rings (SSSR count). The van der Waals surface area contributed by atoms with Crippen molar-refractivity contribution in [3.63, 3.8) is 0 Å². The molecule has 0 aliphatic heterocycles. The first-order valence-electron chi connectivity index (χ1n) is 4.80. The summed E-state index contributed by atoms with van der Waals surface area (Å²) in [5.41, 5.74) is 0.798. The summed E-state index contributed by atoms with van der Waals surface area (Å²) in [4.78, 5) is 11.6. The molecule has 0 aliphatic rings. The van der Waals surface area contributed by atoms with Crippen LogP contribution < -0.4 is 17.7 Å². The summed E-state index contributed by atoms with van der Waals surface area (Å²) in [6.07, 6.45) is 0.584. The van der Waals surface area contributed by atoms with Crippen LogP contribution in [0.4, 0.5) is 0 Å². The number of nitrogens with two attached hydrogens (primary N) is 1. The Balaban J connectivity index is 0.00000196. The van der Waals surface area contributed by atoms with Crippen molar-refractivity contribution in [3.8, 4) is 0 Å². The zero-order chi connectivity index (χ0) is 10.2. The van der Waals surface area contributed by atoms with Crippen molar-refractivity contribution in [3.05, 3.63) is 35.9 Å². The third-order valence-corrected chi connectivity index (χ3v) is 2.20. The molecule has 1 aromatic rings. The molecule has 84 valence electrons. The van der Waals surface area contributed by atoms with Gasteiger partial charge in [-0.2, -0.15) is 0 Å². The molecule has 0 heterocycles. The van der Waals surface area contributed by atoms with E-state index in [0.717, 1.165) is 18.7 Å². The van der Waals surface area contributed by atoms with Gasteiger partial charge in [-0.25, -0.2) is 0 Å². The molecule has 0 saturated carbocycles. The van der Waals surface area contributed by atoms with E-state index < -0.39 is 0 Å². The number of alkyl halides is 1. The Morgan fingerprint density at radius 1 is 1.20 bits per heavy atom. The molecule has 2 nitrogen and oxygen atoms in total. The van der Waals surface area contributed by atoms with Crippen molar-refractivity contribution >= 4 is 17.4 Å². The van der Waals surface area contributed by atoms with Crippen molar-refractivity contribution in [1.82, 2.24) is 0 Å². The normalized spacial score (nSPS) is 9.40. The highest BCUT2D eigenvalue weighted by Crippen LogP contribution is 2.01. The summed E-state index contributed by atoms with van der Waals surface area (Å²) >= 11 is 5.52. The van der Waals surface area contributed by atoms with Gasteiger partial charge in [-0.1, -0.05) is 30.3 Å². The number of benzene rings is 1. The lowest BCUT2D eigenvalue weighted by Gasteiger charge is -1.99. The number of carbonyl (C=O) groups is 1. The minimum atomic E-state index is 0. The first-order valence-corrected chi connectivity index (χ1v) is 5.34. The predicted molar refractivity (Wildman–Crippen MR) is 57.8 cm³/mol. The quantitative estimate of drug-likeness (QED) is 0.355. The molecule has 0 unspecified atom stereocenters. The highest BCUT2D eigenvalue weighted by atomic mass is 35.5. The molecule has 0 radical (unpaired) electrons. The number of halogens is 2. The highest BCUT2D eigenvalue weighted by molar-refractivity contribution is 6.17. The van der Waals surface area contributed by atoms with Crippen LogP contribution in [0.2, 0.25) is 0 Å². The van der Waals surface area contributed by atoms with Gasteiger partial charge < -0.3 is 17.7 Å². The number of rotatable bonds is 6. The summed E-state index contributed by atoms with van der Waals surface area (Å²) in [7, 11) is 0. The number of carbonyl (C=O) groups excluding carboxylic acids is 1. The van der Waals surface area contributed by atoms with Gasteiger partial charge in [-0.15, -0.1) is 11.6 Å². The first-order chi connectivity index (χ1) is 6.84. The van der Waals surface area contributed by atoms with E-state index >= 15 is 0 Å². The lowest BCUT2D eigenvalue weighted by Crippen LogP contribution is -3.00. The van der Waals surface area contributed by atoms with Gasteiger partial charge in [0.15, 0.2) is 5.78 Å². The monoisotopic (exact) mass is 247 g/mol. The van der Waals surface area contributed by atoms with Crippen molar-refractivity contribution in [1.29, 1.82) is 0 Å². The Hall–Kier alpha value is -0.570. The molecule has 0 spiro atoms. The summed E-state index contributed by atoms with van der Waals surface area (Å²) in [5, 5.41) is 2.06. The number of ketones is 1. The average molecular weight is 248 g/mol. The summed E-state index contributed by atoms with van der Waals surface area (Å²) < 4.78 is 0. The van der Waals surface area contributed by atoms with Crippen LogP contribution in [-0.4, -0.2) is 24.8 Å². The fraction of sp³-hybridized carbons (Fsp3) is 0.364. The maximum atomic E-state index is 11.6. The fourth-order valence-corrected chi connectivity index (χ4v) is 1.38. The maximum Gasteiger partial charge on any atom is 0.168 e. The second-order valence-corrected chi connectivity index (χ2v) is 3.47. The zero-order valence-corrected chi connectivity index (χ0v) is 9.97. The summed E-state index contributed by atoms with van der Waals surface area (Å²) in [5.74, 6) is 0.843. The van der Waals surface area contributed by atoms with E-state index in [1.807, 2.05) is 30.3 Å². The third kappa shape index (κ3) is 5.78. The Bertz CT molecular complexity index is 277. The molecule has 0 bridgehead atoms. The second kappa shape index (κ2) is 8.72. The summed E-state index contributed by atoms with van der Waals surface area (Å²) in [6, 6.07) is 9.38.